The molecule has 0 N–H and O–H groups in total. The zero-order valence-electron chi connectivity index (χ0n) is 17.1. The maximum absolute atomic E-state index is 8.65. The number of nitriles is 1. The zero-order valence-corrected chi connectivity index (χ0v) is 17.1. The van der Waals surface area contributed by atoms with Gasteiger partial charge >= 0.3 is 0 Å². The molecule has 0 atom stereocenters. The Morgan fingerprint density at radius 1 is 1.00 bits per heavy atom. The topological polar surface area (TPSA) is 51.5 Å². The number of ether oxygens (including phenoxy) is 3. The molecule has 0 aliphatic carbocycles. The van der Waals surface area contributed by atoms with Crippen molar-refractivity contribution in [2.75, 3.05) is 20.8 Å². The number of para-hydroxylation sites is 1. The SMILES string of the molecule is C=C(c1ccccc1OC)c1ccc(OCCCCC#N)c(CCC)c1OC. The van der Waals surface area contributed by atoms with E-state index in [2.05, 4.69) is 19.6 Å². The van der Waals surface area contributed by atoms with Gasteiger partial charge in [-0.25, -0.2) is 0 Å². The van der Waals surface area contributed by atoms with Gasteiger partial charge < -0.3 is 14.2 Å². The molecule has 0 saturated carbocycles. The first kappa shape index (κ1) is 21.4. The van der Waals surface area contributed by atoms with E-state index in [1.807, 2.05) is 36.4 Å². The molecule has 4 heteroatoms. The Hall–Kier alpha value is -2.93. The molecule has 0 radical (unpaired) electrons. The van der Waals surface area contributed by atoms with Crippen LogP contribution >= 0.6 is 0 Å². The molecule has 0 aliphatic rings. The zero-order chi connectivity index (χ0) is 20.4. The van der Waals surface area contributed by atoms with Crippen molar-refractivity contribution in [3.05, 3.63) is 59.7 Å². The minimum atomic E-state index is 0.562. The van der Waals surface area contributed by atoms with Crippen molar-refractivity contribution in [1.82, 2.24) is 0 Å². The molecule has 2 rings (SSSR count). The van der Waals surface area contributed by atoms with Crippen LogP contribution in [0.4, 0.5) is 0 Å². The van der Waals surface area contributed by atoms with E-state index in [1.165, 1.54) is 0 Å². The maximum Gasteiger partial charge on any atom is 0.133 e. The maximum atomic E-state index is 8.65. The van der Waals surface area contributed by atoms with E-state index in [1.54, 1.807) is 14.2 Å². The molecule has 0 fully saturated rings. The Bertz CT molecular complexity index is 836. The van der Waals surface area contributed by atoms with Crippen LogP contribution in [0.5, 0.6) is 17.2 Å². The molecule has 0 spiro atoms. The van der Waals surface area contributed by atoms with Crippen LogP contribution in [0.25, 0.3) is 5.57 Å². The van der Waals surface area contributed by atoms with Crippen LogP contribution in [-0.2, 0) is 6.42 Å². The number of unbranched alkanes of at least 4 members (excludes halogenated alkanes) is 2. The number of methoxy groups -OCH3 is 2. The molecule has 0 bridgehead atoms. The molecule has 2 aromatic rings. The van der Waals surface area contributed by atoms with Crippen molar-refractivity contribution in [1.29, 1.82) is 5.26 Å². The third kappa shape index (κ3) is 5.07. The van der Waals surface area contributed by atoms with Crippen LogP contribution in [0.2, 0.25) is 0 Å². The van der Waals surface area contributed by atoms with Gasteiger partial charge in [-0.1, -0.05) is 38.1 Å². The van der Waals surface area contributed by atoms with Crippen LogP contribution in [-0.4, -0.2) is 20.8 Å². The lowest BCUT2D eigenvalue weighted by Gasteiger charge is -2.20. The first-order chi connectivity index (χ1) is 13.7. The summed E-state index contributed by atoms with van der Waals surface area (Å²) >= 11 is 0. The van der Waals surface area contributed by atoms with Gasteiger partial charge in [-0.05, 0) is 43.0 Å². The normalized spacial score (nSPS) is 10.2. The summed E-state index contributed by atoms with van der Waals surface area (Å²) in [6.07, 6.45) is 4.10. The monoisotopic (exact) mass is 379 g/mol. The van der Waals surface area contributed by atoms with E-state index < -0.39 is 0 Å². The van der Waals surface area contributed by atoms with Crippen LogP contribution in [0.15, 0.2) is 43.0 Å². The van der Waals surface area contributed by atoms with Crippen LogP contribution in [0.3, 0.4) is 0 Å². The summed E-state index contributed by atoms with van der Waals surface area (Å²) in [7, 11) is 3.35. The number of rotatable bonds is 11. The fraction of sp³-hybridized carbons (Fsp3) is 0.375. The number of benzene rings is 2. The summed E-state index contributed by atoms with van der Waals surface area (Å²) in [4.78, 5) is 0. The molecule has 0 amide bonds. The number of hydrogen-bond donors (Lipinski definition) is 0. The lowest BCUT2D eigenvalue weighted by molar-refractivity contribution is 0.301. The van der Waals surface area contributed by atoms with Crippen molar-refractivity contribution in [2.45, 2.75) is 39.0 Å². The van der Waals surface area contributed by atoms with Gasteiger partial charge in [-0.3, -0.25) is 0 Å². The van der Waals surface area contributed by atoms with E-state index >= 15 is 0 Å². The third-order valence-corrected chi connectivity index (χ3v) is 4.62. The van der Waals surface area contributed by atoms with Gasteiger partial charge in [0, 0.05) is 23.1 Å². The van der Waals surface area contributed by atoms with Gasteiger partial charge in [0.2, 0.25) is 0 Å². The Kier molecular flexibility index (Phi) is 8.42. The Morgan fingerprint density at radius 2 is 1.79 bits per heavy atom. The lowest BCUT2D eigenvalue weighted by atomic mass is 9.94. The van der Waals surface area contributed by atoms with Crippen molar-refractivity contribution >= 4 is 5.57 Å². The number of hydrogen-bond acceptors (Lipinski definition) is 4. The van der Waals surface area contributed by atoms with Crippen molar-refractivity contribution in [3.8, 4) is 23.3 Å². The second kappa shape index (κ2) is 11.0. The van der Waals surface area contributed by atoms with Gasteiger partial charge in [0.15, 0.2) is 0 Å². The Balaban J connectivity index is 2.36. The predicted octanol–water partition coefficient (Wildman–Crippen LogP) is 5.79. The molecule has 4 nitrogen and oxygen atoms in total. The molecule has 148 valence electrons. The van der Waals surface area contributed by atoms with E-state index in [-0.39, 0.29) is 0 Å². The summed E-state index contributed by atoms with van der Waals surface area (Å²) < 4.78 is 17.3. The predicted molar refractivity (Wildman–Crippen MR) is 113 cm³/mol. The fourth-order valence-electron chi connectivity index (χ4n) is 3.23. The highest BCUT2D eigenvalue weighted by molar-refractivity contribution is 5.85. The Morgan fingerprint density at radius 3 is 2.46 bits per heavy atom. The summed E-state index contributed by atoms with van der Waals surface area (Å²) in [6, 6.07) is 14.0. The summed E-state index contributed by atoms with van der Waals surface area (Å²) in [6.45, 7) is 7.04. The minimum absolute atomic E-state index is 0.562. The first-order valence-electron chi connectivity index (χ1n) is 9.70. The van der Waals surface area contributed by atoms with Gasteiger partial charge in [-0.2, -0.15) is 5.26 Å². The summed E-state index contributed by atoms with van der Waals surface area (Å²) in [5, 5.41) is 8.65. The highest BCUT2D eigenvalue weighted by Gasteiger charge is 2.19. The first-order valence-corrected chi connectivity index (χ1v) is 9.70. The van der Waals surface area contributed by atoms with Gasteiger partial charge in [0.1, 0.15) is 17.2 Å². The van der Waals surface area contributed by atoms with E-state index in [0.717, 1.165) is 65.2 Å². The van der Waals surface area contributed by atoms with Crippen LogP contribution in [0, 0.1) is 11.3 Å². The molecule has 28 heavy (non-hydrogen) atoms. The van der Waals surface area contributed by atoms with Crippen molar-refractivity contribution < 1.29 is 14.2 Å². The Labute approximate surface area is 168 Å². The lowest BCUT2D eigenvalue weighted by Crippen LogP contribution is -2.05. The molecular formula is C24H29NO3. The van der Waals surface area contributed by atoms with Gasteiger partial charge in [0.05, 0.1) is 26.9 Å². The number of nitrogens with zero attached hydrogens (tertiary/aromatic N) is 1. The molecule has 0 aliphatic heterocycles. The van der Waals surface area contributed by atoms with Gasteiger partial charge in [-0.15, -0.1) is 0 Å². The fourth-order valence-corrected chi connectivity index (χ4v) is 3.23. The average molecular weight is 380 g/mol. The van der Waals surface area contributed by atoms with Crippen LogP contribution in [0.1, 0.15) is 49.3 Å². The molecular weight excluding hydrogens is 350 g/mol. The standard InChI is InChI=1S/C24H29NO3/c1-5-11-21-23(28-17-10-6-9-16-25)15-14-20(24(21)27-4)18(2)19-12-7-8-13-22(19)26-3/h7-8,12-15H,2,5-6,9-11,17H2,1,3-4H3. The summed E-state index contributed by atoms with van der Waals surface area (Å²) in [5.41, 5.74) is 3.79. The highest BCUT2D eigenvalue weighted by Crippen LogP contribution is 2.40. The van der Waals surface area contributed by atoms with Gasteiger partial charge in [0.25, 0.3) is 0 Å². The van der Waals surface area contributed by atoms with Crippen LogP contribution < -0.4 is 14.2 Å². The van der Waals surface area contributed by atoms with E-state index in [9.17, 15) is 0 Å². The highest BCUT2D eigenvalue weighted by atomic mass is 16.5. The smallest absolute Gasteiger partial charge is 0.133 e. The quantitative estimate of drug-likeness (QED) is 0.464. The van der Waals surface area contributed by atoms with E-state index in [4.69, 9.17) is 19.5 Å². The average Bonchev–Trinajstić information content (AvgIpc) is 2.73. The molecule has 0 saturated heterocycles. The molecule has 0 unspecified atom stereocenters. The molecule has 0 aromatic heterocycles. The largest absolute Gasteiger partial charge is 0.496 e. The molecule has 0 heterocycles. The molecule has 2 aromatic carbocycles. The third-order valence-electron chi connectivity index (χ3n) is 4.62. The minimum Gasteiger partial charge on any atom is -0.496 e. The second-order valence-electron chi connectivity index (χ2n) is 6.52. The summed E-state index contributed by atoms with van der Waals surface area (Å²) in [5.74, 6) is 2.42. The van der Waals surface area contributed by atoms with E-state index in [0.29, 0.717) is 13.0 Å². The van der Waals surface area contributed by atoms with Crippen molar-refractivity contribution in [2.24, 2.45) is 0 Å². The van der Waals surface area contributed by atoms with Crippen molar-refractivity contribution in [3.63, 3.8) is 0 Å². The second-order valence-corrected chi connectivity index (χ2v) is 6.52.